The Hall–Kier alpha value is -3.64. The number of nitrogens with zero attached hydrogens (tertiary/aromatic N) is 6. The number of hydrogen-bond acceptors (Lipinski definition) is 10. The minimum atomic E-state index is -0.843. The molecule has 2 fully saturated rings. The molecular weight excluding hydrogens is 508 g/mol. The summed E-state index contributed by atoms with van der Waals surface area (Å²) in [4.78, 5) is 31.3. The topological polar surface area (TPSA) is 144 Å². The molecule has 2 aliphatic rings. The van der Waals surface area contributed by atoms with Gasteiger partial charge >= 0.3 is 5.97 Å². The van der Waals surface area contributed by atoms with Crippen LogP contribution in [0.5, 0.6) is 0 Å². The van der Waals surface area contributed by atoms with E-state index in [1.807, 2.05) is 41.6 Å². The number of nitrogens with two attached hydrogens (primary N) is 1. The summed E-state index contributed by atoms with van der Waals surface area (Å²) in [6.07, 6.45) is 8.74. The van der Waals surface area contributed by atoms with E-state index in [4.69, 9.17) is 10.8 Å². The Bertz CT molecular complexity index is 1270. The third kappa shape index (κ3) is 6.92. The molecule has 0 bridgehead atoms. The molecule has 2 aromatic heterocycles. The molecule has 3 aromatic rings. The van der Waals surface area contributed by atoms with Gasteiger partial charge in [0.2, 0.25) is 5.95 Å². The Kier molecular flexibility index (Phi) is 9.17. The van der Waals surface area contributed by atoms with Crippen LogP contribution in [0.1, 0.15) is 24.8 Å². The highest BCUT2D eigenvalue weighted by Gasteiger charge is 2.28. The highest BCUT2D eigenvalue weighted by Crippen LogP contribution is 2.27. The monoisotopic (exact) mass is 546 g/mol. The van der Waals surface area contributed by atoms with Gasteiger partial charge in [0, 0.05) is 74.6 Å². The van der Waals surface area contributed by atoms with Crippen molar-refractivity contribution in [1.29, 1.82) is 0 Å². The van der Waals surface area contributed by atoms with E-state index in [-0.39, 0.29) is 19.2 Å². The zero-order chi connectivity index (χ0) is 27.9. The first-order valence-corrected chi connectivity index (χ1v) is 13.9. The van der Waals surface area contributed by atoms with Crippen LogP contribution >= 0.6 is 0 Å². The molecule has 11 heteroatoms. The van der Waals surface area contributed by atoms with E-state index in [1.165, 1.54) is 0 Å². The van der Waals surface area contributed by atoms with Gasteiger partial charge < -0.3 is 26.2 Å². The molecule has 5 N–H and O–H groups in total. The van der Waals surface area contributed by atoms with E-state index in [0.717, 1.165) is 60.0 Å². The lowest BCUT2D eigenvalue weighted by atomic mass is 10.1. The number of carboxylic acid groups (broad SMARTS) is 1. The molecular formula is C29H38N8O3. The first-order chi connectivity index (χ1) is 19.5. The molecule has 0 aliphatic carbocycles. The predicted octanol–water partition coefficient (Wildman–Crippen LogP) is 2.16. The van der Waals surface area contributed by atoms with E-state index in [2.05, 4.69) is 42.2 Å². The van der Waals surface area contributed by atoms with Gasteiger partial charge in [-0.3, -0.25) is 14.6 Å². The van der Waals surface area contributed by atoms with Crippen molar-refractivity contribution in [2.24, 2.45) is 5.73 Å². The van der Waals surface area contributed by atoms with Crippen LogP contribution in [0.2, 0.25) is 0 Å². The number of piperazine rings is 1. The van der Waals surface area contributed by atoms with Gasteiger partial charge in [0.15, 0.2) is 0 Å². The van der Waals surface area contributed by atoms with E-state index >= 15 is 0 Å². The van der Waals surface area contributed by atoms with Crippen LogP contribution in [0.4, 0.5) is 17.5 Å². The average molecular weight is 547 g/mol. The number of pyridine rings is 1. The Balaban J connectivity index is 1.23. The number of nitrogens with one attached hydrogen (secondary N) is 1. The number of carbonyl (C=O) groups is 1. The molecule has 40 heavy (non-hydrogen) atoms. The molecule has 0 spiro atoms. The molecule has 2 atom stereocenters. The number of aliphatic hydroxyl groups excluding tert-OH is 1. The fourth-order valence-corrected chi connectivity index (χ4v) is 5.69. The van der Waals surface area contributed by atoms with Crippen molar-refractivity contribution >= 4 is 23.4 Å². The van der Waals surface area contributed by atoms with Crippen LogP contribution in [0.3, 0.4) is 0 Å². The zero-order valence-corrected chi connectivity index (χ0v) is 22.7. The third-order valence-corrected chi connectivity index (χ3v) is 7.71. The standard InChI is InChI=1S/C29H38N8O3/c30-8-6-25-5-2-10-37(25)29-32-15-23(16-33-29)22-7-9-31-27(14-22)34-24-4-1-3-21(13-24)17-36-12-11-35(19-28(39)40)18-26(36)20-38/h1,3-4,7,9,13-16,25-26,38H,2,5-6,8,10-12,17-20,30H2,(H,31,34)(H,39,40). The van der Waals surface area contributed by atoms with Gasteiger partial charge in [-0.05, 0) is 61.2 Å². The number of rotatable bonds is 11. The summed E-state index contributed by atoms with van der Waals surface area (Å²) in [6.45, 7) is 4.19. The number of hydrogen-bond donors (Lipinski definition) is 4. The Morgan fingerprint density at radius 3 is 2.67 bits per heavy atom. The molecule has 1 aromatic carbocycles. The van der Waals surface area contributed by atoms with Gasteiger partial charge in [-0.15, -0.1) is 0 Å². The zero-order valence-electron chi connectivity index (χ0n) is 22.7. The molecule has 5 rings (SSSR count). The second kappa shape index (κ2) is 13.1. The van der Waals surface area contributed by atoms with Crippen molar-refractivity contribution in [2.75, 3.05) is 56.1 Å². The maximum atomic E-state index is 11.1. The van der Waals surface area contributed by atoms with E-state index in [9.17, 15) is 9.90 Å². The maximum absolute atomic E-state index is 11.1. The van der Waals surface area contributed by atoms with Crippen LogP contribution < -0.4 is 16.0 Å². The number of aromatic nitrogens is 3. The lowest BCUT2D eigenvalue weighted by Crippen LogP contribution is -2.55. The number of anilines is 3. The minimum Gasteiger partial charge on any atom is -0.480 e. The molecule has 212 valence electrons. The van der Waals surface area contributed by atoms with Gasteiger partial charge in [-0.25, -0.2) is 15.0 Å². The highest BCUT2D eigenvalue weighted by atomic mass is 16.4. The Labute approximate surface area is 234 Å². The predicted molar refractivity (Wildman–Crippen MR) is 154 cm³/mol. The molecule has 2 saturated heterocycles. The van der Waals surface area contributed by atoms with E-state index < -0.39 is 5.97 Å². The molecule has 2 unspecified atom stereocenters. The maximum Gasteiger partial charge on any atom is 0.317 e. The van der Waals surface area contributed by atoms with Crippen molar-refractivity contribution in [1.82, 2.24) is 24.8 Å². The van der Waals surface area contributed by atoms with Crippen molar-refractivity contribution < 1.29 is 15.0 Å². The molecule has 0 radical (unpaired) electrons. The normalized spacial score (nSPS) is 20.1. The summed E-state index contributed by atoms with van der Waals surface area (Å²) in [5.74, 6) is 0.636. The average Bonchev–Trinajstić information content (AvgIpc) is 3.42. The van der Waals surface area contributed by atoms with Gasteiger partial charge in [0.05, 0.1) is 13.2 Å². The van der Waals surface area contributed by atoms with Crippen molar-refractivity contribution in [2.45, 2.75) is 37.9 Å². The van der Waals surface area contributed by atoms with E-state index in [1.54, 1.807) is 6.20 Å². The van der Waals surface area contributed by atoms with Gasteiger partial charge in [-0.2, -0.15) is 0 Å². The van der Waals surface area contributed by atoms with Crippen LogP contribution in [-0.4, -0.2) is 98.9 Å². The number of aliphatic hydroxyl groups is 1. The summed E-state index contributed by atoms with van der Waals surface area (Å²) in [5.41, 5.74) is 9.71. The molecule has 11 nitrogen and oxygen atoms in total. The third-order valence-electron chi connectivity index (χ3n) is 7.71. The minimum absolute atomic E-state index is 0.000217. The summed E-state index contributed by atoms with van der Waals surface area (Å²) in [5, 5.41) is 22.4. The molecule has 0 saturated carbocycles. The first-order valence-electron chi connectivity index (χ1n) is 13.9. The summed E-state index contributed by atoms with van der Waals surface area (Å²) in [6, 6.07) is 12.4. The molecule has 0 amide bonds. The van der Waals surface area contributed by atoms with Crippen molar-refractivity contribution in [3.63, 3.8) is 0 Å². The van der Waals surface area contributed by atoms with Crippen molar-refractivity contribution in [3.8, 4) is 11.1 Å². The number of carboxylic acids is 1. The van der Waals surface area contributed by atoms with Gasteiger partial charge in [0.1, 0.15) is 5.82 Å². The molecule has 4 heterocycles. The quantitative estimate of drug-likeness (QED) is 0.281. The largest absolute Gasteiger partial charge is 0.480 e. The fourth-order valence-electron chi connectivity index (χ4n) is 5.69. The van der Waals surface area contributed by atoms with E-state index in [0.29, 0.717) is 38.8 Å². The van der Waals surface area contributed by atoms with Gasteiger partial charge in [0.25, 0.3) is 0 Å². The fraction of sp³-hybridized carbons (Fsp3) is 0.448. The lowest BCUT2D eigenvalue weighted by Gasteiger charge is -2.40. The summed E-state index contributed by atoms with van der Waals surface area (Å²) in [7, 11) is 0. The lowest BCUT2D eigenvalue weighted by molar-refractivity contribution is -0.139. The number of benzene rings is 1. The second-order valence-corrected chi connectivity index (χ2v) is 10.5. The summed E-state index contributed by atoms with van der Waals surface area (Å²) >= 11 is 0. The van der Waals surface area contributed by atoms with Crippen LogP contribution in [0.15, 0.2) is 55.0 Å². The van der Waals surface area contributed by atoms with Crippen LogP contribution in [0.25, 0.3) is 11.1 Å². The van der Waals surface area contributed by atoms with Gasteiger partial charge in [-0.1, -0.05) is 12.1 Å². The first kappa shape index (κ1) is 27.9. The van der Waals surface area contributed by atoms with Crippen LogP contribution in [0, 0.1) is 0 Å². The SMILES string of the molecule is NCCC1CCCN1c1ncc(-c2ccnc(Nc3cccc(CN4CCN(CC(=O)O)CC4CO)c3)c2)cn1. The smallest absolute Gasteiger partial charge is 0.317 e. The Morgan fingerprint density at radius 1 is 1.05 bits per heavy atom. The van der Waals surface area contributed by atoms with Crippen LogP contribution in [-0.2, 0) is 11.3 Å². The number of aliphatic carboxylic acids is 1. The second-order valence-electron chi connectivity index (χ2n) is 10.5. The van der Waals surface area contributed by atoms with Crippen molar-refractivity contribution in [3.05, 3.63) is 60.6 Å². The molecule has 2 aliphatic heterocycles. The highest BCUT2D eigenvalue weighted by molar-refractivity contribution is 5.69. The Morgan fingerprint density at radius 2 is 1.90 bits per heavy atom. The summed E-state index contributed by atoms with van der Waals surface area (Å²) < 4.78 is 0.